The molecule has 168 valence electrons. The molecule has 2 amide bonds. The highest BCUT2D eigenvalue weighted by Gasteiger charge is 2.30. The fraction of sp³-hybridized carbons (Fsp3) is 0.708. The van der Waals surface area contributed by atoms with Crippen molar-refractivity contribution < 1.29 is 13.9 Å². The van der Waals surface area contributed by atoms with E-state index < -0.39 is 0 Å². The molecule has 0 unspecified atom stereocenters. The van der Waals surface area contributed by atoms with E-state index in [2.05, 4.69) is 15.5 Å². The molecule has 1 aromatic carbocycles. The molecule has 1 heterocycles. The summed E-state index contributed by atoms with van der Waals surface area (Å²) in [7, 11) is 0. The standard InChI is InChI=1S/C24H38FN3O2/c1-2-30-15-13-26-24(29)27-23-8-4-3-7-21(23)18-28-14-5-6-20(17-28)16-19-9-11-22(25)12-10-19/h9-12,20-21,23H,2-8,13-18H2,1H3,(H2,26,27,29)/t20-,21-,23+/m0/s1. The minimum atomic E-state index is -0.165. The van der Waals surface area contributed by atoms with E-state index in [0.717, 1.165) is 32.5 Å². The Bertz CT molecular complexity index is 640. The summed E-state index contributed by atoms with van der Waals surface area (Å²) in [4.78, 5) is 14.9. The number of carbonyl (C=O) groups is 1. The third-order valence-corrected chi connectivity index (χ3v) is 6.50. The Morgan fingerprint density at radius 2 is 1.97 bits per heavy atom. The Morgan fingerprint density at radius 3 is 2.77 bits per heavy atom. The number of amides is 2. The van der Waals surface area contributed by atoms with Crippen LogP contribution in [-0.4, -0.2) is 56.4 Å². The summed E-state index contributed by atoms with van der Waals surface area (Å²) >= 11 is 0. The lowest BCUT2D eigenvalue weighted by atomic mass is 9.83. The molecular formula is C24H38FN3O2. The molecule has 0 aromatic heterocycles. The number of piperidine rings is 1. The van der Waals surface area contributed by atoms with Gasteiger partial charge in [-0.15, -0.1) is 0 Å². The van der Waals surface area contributed by atoms with Crippen molar-refractivity contribution in [2.24, 2.45) is 11.8 Å². The minimum Gasteiger partial charge on any atom is -0.380 e. The SMILES string of the molecule is CCOCCNC(=O)N[C@@H]1CCCC[C@H]1CN1CCC[C@@H](Cc2ccc(F)cc2)C1. The van der Waals surface area contributed by atoms with E-state index in [9.17, 15) is 9.18 Å². The van der Waals surface area contributed by atoms with Crippen LogP contribution in [0, 0.1) is 17.7 Å². The molecule has 1 saturated heterocycles. The number of likely N-dealkylation sites (tertiary alicyclic amines) is 1. The highest BCUT2D eigenvalue weighted by Crippen LogP contribution is 2.28. The summed E-state index contributed by atoms with van der Waals surface area (Å²) in [5, 5.41) is 6.14. The predicted molar refractivity (Wildman–Crippen MR) is 118 cm³/mol. The number of nitrogens with one attached hydrogen (secondary N) is 2. The van der Waals surface area contributed by atoms with Crippen LogP contribution in [-0.2, 0) is 11.2 Å². The topological polar surface area (TPSA) is 53.6 Å². The number of rotatable bonds is 9. The molecule has 0 spiro atoms. The summed E-state index contributed by atoms with van der Waals surface area (Å²) in [6, 6.07) is 7.14. The lowest BCUT2D eigenvalue weighted by molar-refractivity contribution is 0.121. The number of benzene rings is 1. The maximum Gasteiger partial charge on any atom is 0.315 e. The van der Waals surface area contributed by atoms with E-state index in [0.29, 0.717) is 31.6 Å². The number of ether oxygens (including phenoxy) is 1. The maximum absolute atomic E-state index is 13.2. The fourth-order valence-corrected chi connectivity index (χ4v) is 4.99. The minimum absolute atomic E-state index is 0.0700. The second-order valence-electron chi connectivity index (χ2n) is 8.85. The predicted octanol–water partition coefficient (Wildman–Crippen LogP) is 3.97. The van der Waals surface area contributed by atoms with E-state index >= 15 is 0 Å². The Balaban J connectivity index is 1.46. The van der Waals surface area contributed by atoms with Gasteiger partial charge >= 0.3 is 6.03 Å². The first-order valence-corrected chi connectivity index (χ1v) is 11.7. The number of hydrogen-bond donors (Lipinski definition) is 2. The van der Waals surface area contributed by atoms with E-state index in [-0.39, 0.29) is 17.9 Å². The van der Waals surface area contributed by atoms with Gasteiger partial charge in [0.1, 0.15) is 5.82 Å². The summed E-state index contributed by atoms with van der Waals surface area (Å²) in [6.45, 7) is 7.04. The first kappa shape index (κ1) is 23.0. The van der Waals surface area contributed by atoms with Gasteiger partial charge in [-0.05, 0) is 75.1 Å². The third-order valence-electron chi connectivity index (χ3n) is 6.50. The second-order valence-corrected chi connectivity index (χ2v) is 8.85. The van der Waals surface area contributed by atoms with Crippen molar-refractivity contribution in [1.82, 2.24) is 15.5 Å². The highest BCUT2D eigenvalue weighted by molar-refractivity contribution is 5.74. The largest absolute Gasteiger partial charge is 0.380 e. The molecule has 5 nitrogen and oxygen atoms in total. The van der Waals surface area contributed by atoms with E-state index in [1.165, 1.54) is 37.7 Å². The van der Waals surface area contributed by atoms with E-state index in [1.807, 2.05) is 19.1 Å². The van der Waals surface area contributed by atoms with Crippen LogP contribution < -0.4 is 10.6 Å². The number of carbonyl (C=O) groups excluding carboxylic acids is 1. The zero-order valence-electron chi connectivity index (χ0n) is 18.4. The van der Waals surface area contributed by atoms with Crippen LogP contribution in [0.2, 0.25) is 0 Å². The average molecular weight is 420 g/mol. The van der Waals surface area contributed by atoms with Crippen molar-refractivity contribution in [3.05, 3.63) is 35.6 Å². The van der Waals surface area contributed by atoms with Crippen LogP contribution in [0.15, 0.2) is 24.3 Å². The third kappa shape index (κ3) is 7.55. The quantitative estimate of drug-likeness (QED) is 0.596. The molecule has 1 aliphatic heterocycles. The van der Waals surface area contributed by atoms with Crippen LogP contribution in [0.3, 0.4) is 0 Å². The molecule has 2 N–H and O–H groups in total. The van der Waals surface area contributed by atoms with Crippen LogP contribution in [0.25, 0.3) is 0 Å². The Hall–Kier alpha value is -1.66. The fourth-order valence-electron chi connectivity index (χ4n) is 4.99. The van der Waals surface area contributed by atoms with Crippen LogP contribution in [0.1, 0.15) is 51.0 Å². The zero-order chi connectivity index (χ0) is 21.2. The highest BCUT2D eigenvalue weighted by atomic mass is 19.1. The van der Waals surface area contributed by atoms with Gasteiger partial charge in [-0.2, -0.15) is 0 Å². The first-order chi connectivity index (χ1) is 14.6. The van der Waals surface area contributed by atoms with Gasteiger partial charge in [0.2, 0.25) is 0 Å². The molecule has 2 aliphatic rings. The van der Waals surface area contributed by atoms with Crippen molar-refractivity contribution in [3.8, 4) is 0 Å². The second kappa shape index (κ2) is 12.3. The summed E-state index contributed by atoms with van der Waals surface area (Å²) in [6.07, 6.45) is 8.16. The van der Waals surface area contributed by atoms with Crippen molar-refractivity contribution in [2.75, 3.05) is 39.4 Å². The van der Waals surface area contributed by atoms with Gasteiger partial charge in [0.25, 0.3) is 0 Å². The van der Waals surface area contributed by atoms with E-state index in [4.69, 9.17) is 4.74 Å². The Morgan fingerprint density at radius 1 is 1.17 bits per heavy atom. The maximum atomic E-state index is 13.2. The van der Waals surface area contributed by atoms with Crippen molar-refractivity contribution in [3.63, 3.8) is 0 Å². The Labute approximate surface area is 180 Å². The summed E-state index contributed by atoms with van der Waals surface area (Å²) < 4.78 is 18.5. The molecule has 3 rings (SSSR count). The molecule has 3 atom stereocenters. The lowest BCUT2D eigenvalue weighted by Crippen LogP contribution is -2.51. The molecule has 30 heavy (non-hydrogen) atoms. The molecule has 1 aromatic rings. The summed E-state index contributed by atoms with van der Waals surface area (Å²) in [5.41, 5.74) is 1.23. The van der Waals surface area contributed by atoms with Gasteiger partial charge in [0.05, 0.1) is 6.61 Å². The molecule has 2 fully saturated rings. The van der Waals surface area contributed by atoms with Crippen molar-refractivity contribution >= 4 is 6.03 Å². The van der Waals surface area contributed by atoms with Gasteiger partial charge in [-0.3, -0.25) is 0 Å². The first-order valence-electron chi connectivity index (χ1n) is 11.7. The smallest absolute Gasteiger partial charge is 0.315 e. The zero-order valence-corrected chi connectivity index (χ0v) is 18.4. The van der Waals surface area contributed by atoms with Gasteiger partial charge in [-0.25, -0.2) is 9.18 Å². The van der Waals surface area contributed by atoms with Gasteiger partial charge < -0.3 is 20.3 Å². The lowest BCUT2D eigenvalue weighted by Gasteiger charge is -2.39. The molecule has 0 radical (unpaired) electrons. The normalized spacial score (nSPS) is 25.1. The van der Waals surface area contributed by atoms with Crippen LogP contribution >= 0.6 is 0 Å². The average Bonchev–Trinajstić information content (AvgIpc) is 2.75. The molecule has 1 aliphatic carbocycles. The number of urea groups is 1. The molecular weight excluding hydrogens is 381 g/mol. The van der Waals surface area contributed by atoms with Crippen molar-refractivity contribution in [1.29, 1.82) is 0 Å². The Kier molecular flexibility index (Phi) is 9.40. The summed E-state index contributed by atoms with van der Waals surface area (Å²) in [5.74, 6) is 0.976. The van der Waals surface area contributed by atoms with Crippen LogP contribution in [0.5, 0.6) is 0 Å². The van der Waals surface area contributed by atoms with Gasteiger partial charge in [0.15, 0.2) is 0 Å². The molecule has 6 heteroatoms. The molecule has 0 bridgehead atoms. The monoisotopic (exact) mass is 419 g/mol. The number of hydrogen-bond acceptors (Lipinski definition) is 3. The van der Waals surface area contributed by atoms with Crippen LogP contribution in [0.4, 0.5) is 9.18 Å². The van der Waals surface area contributed by atoms with Crippen molar-refractivity contribution in [2.45, 2.75) is 57.9 Å². The van der Waals surface area contributed by atoms with E-state index in [1.54, 1.807) is 12.1 Å². The molecule has 1 saturated carbocycles. The number of halogens is 1. The van der Waals surface area contributed by atoms with Gasteiger partial charge in [-0.1, -0.05) is 25.0 Å². The number of nitrogens with zero attached hydrogens (tertiary/aromatic N) is 1. The van der Waals surface area contributed by atoms with Gasteiger partial charge in [0, 0.05) is 32.3 Å².